The fourth-order valence-corrected chi connectivity index (χ4v) is 0.587. The average molecular weight is 175 g/mol. The lowest BCUT2D eigenvalue weighted by Crippen LogP contribution is -2.46. The number of carboxylic acids is 1. The van der Waals surface area contributed by atoms with Gasteiger partial charge in [-0.25, -0.2) is 0 Å². The molecule has 5 heteroatoms. The average Bonchev–Trinajstić information content (AvgIpc) is 1.85. The van der Waals surface area contributed by atoms with E-state index in [0.717, 1.165) is 0 Å². The summed E-state index contributed by atoms with van der Waals surface area (Å²) in [7, 11) is 0. The van der Waals surface area contributed by atoms with Crippen LogP contribution in [0.15, 0.2) is 0 Å². The summed E-state index contributed by atoms with van der Waals surface area (Å²) >= 11 is 0. The van der Waals surface area contributed by atoms with E-state index in [1.54, 1.807) is 6.92 Å². The van der Waals surface area contributed by atoms with Crippen LogP contribution in [0.4, 0.5) is 0 Å². The number of nitrogens with two attached hydrogens (primary N) is 1. The first-order chi connectivity index (χ1) is 5.40. The second-order valence-electron chi connectivity index (χ2n) is 2.70. The van der Waals surface area contributed by atoms with Crippen LogP contribution in [0.25, 0.3) is 0 Å². The minimum atomic E-state index is -1.54. The first kappa shape index (κ1) is 10.9. The molecule has 0 spiro atoms. The highest BCUT2D eigenvalue weighted by Crippen LogP contribution is 2.06. The van der Waals surface area contributed by atoms with Gasteiger partial charge >= 0.3 is 11.9 Å². The van der Waals surface area contributed by atoms with Gasteiger partial charge in [0.2, 0.25) is 0 Å². The van der Waals surface area contributed by atoms with Crippen molar-refractivity contribution in [2.45, 2.75) is 25.8 Å². The van der Waals surface area contributed by atoms with Crippen molar-refractivity contribution < 1.29 is 19.4 Å². The SMILES string of the molecule is CCOC(=O)C[C@@](C)(N)C(=O)O. The van der Waals surface area contributed by atoms with Crippen LogP contribution in [0.1, 0.15) is 20.3 Å². The summed E-state index contributed by atoms with van der Waals surface area (Å²) in [4.78, 5) is 21.2. The van der Waals surface area contributed by atoms with Gasteiger partial charge in [-0.3, -0.25) is 9.59 Å². The first-order valence-corrected chi connectivity index (χ1v) is 3.58. The fourth-order valence-electron chi connectivity index (χ4n) is 0.587. The number of aliphatic carboxylic acids is 1. The summed E-state index contributed by atoms with van der Waals surface area (Å²) in [6, 6.07) is 0. The number of carbonyl (C=O) groups excluding carboxylic acids is 1. The number of hydrogen-bond donors (Lipinski definition) is 2. The zero-order valence-electron chi connectivity index (χ0n) is 7.16. The smallest absolute Gasteiger partial charge is 0.323 e. The van der Waals surface area contributed by atoms with Crippen molar-refractivity contribution in [3.63, 3.8) is 0 Å². The van der Waals surface area contributed by atoms with Crippen LogP contribution < -0.4 is 5.73 Å². The Bertz CT molecular complexity index is 188. The first-order valence-electron chi connectivity index (χ1n) is 3.58. The molecule has 0 unspecified atom stereocenters. The van der Waals surface area contributed by atoms with Gasteiger partial charge in [-0.2, -0.15) is 0 Å². The van der Waals surface area contributed by atoms with Crippen molar-refractivity contribution in [1.29, 1.82) is 0 Å². The molecular weight excluding hydrogens is 162 g/mol. The quantitative estimate of drug-likeness (QED) is 0.574. The van der Waals surface area contributed by atoms with Crippen LogP contribution in [-0.4, -0.2) is 29.2 Å². The maximum atomic E-state index is 10.8. The summed E-state index contributed by atoms with van der Waals surface area (Å²) in [6.45, 7) is 3.15. The number of esters is 1. The van der Waals surface area contributed by atoms with E-state index in [9.17, 15) is 9.59 Å². The van der Waals surface area contributed by atoms with Gasteiger partial charge in [-0.15, -0.1) is 0 Å². The summed E-state index contributed by atoms with van der Waals surface area (Å²) in [5.41, 5.74) is 3.75. The Morgan fingerprint density at radius 1 is 1.58 bits per heavy atom. The van der Waals surface area contributed by atoms with E-state index in [1.165, 1.54) is 6.92 Å². The molecule has 0 saturated heterocycles. The Morgan fingerprint density at radius 3 is 2.42 bits per heavy atom. The van der Waals surface area contributed by atoms with Crippen LogP contribution in [-0.2, 0) is 14.3 Å². The molecule has 0 aromatic rings. The summed E-state index contributed by atoms with van der Waals surface area (Å²) < 4.78 is 4.55. The molecule has 12 heavy (non-hydrogen) atoms. The number of carbonyl (C=O) groups is 2. The summed E-state index contributed by atoms with van der Waals surface area (Å²) in [6.07, 6.45) is -0.309. The number of rotatable bonds is 4. The van der Waals surface area contributed by atoms with E-state index >= 15 is 0 Å². The van der Waals surface area contributed by atoms with Crippen LogP contribution in [0, 0.1) is 0 Å². The molecule has 0 aliphatic heterocycles. The van der Waals surface area contributed by atoms with Crippen molar-refractivity contribution >= 4 is 11.9 Å². The van der Waals surface area contributed by atoms with Gasteiger partial charge in [0.15, 0.2) is 0 Å². The number of hydrogen-bond acceptors (Lipinski definition) is 4. The lowest BCUT2D eigenvalue weighted by atomic mass is 10.0. The fraction of sp³-hybridized carbons (Fsp3) is 0.714. The molecule has 0 aromatic carbocycles. The van der Waals surface area contributed by atoms with E-state index in [1.807, 2.05) is 0 Å². The van der Waals surface area contributed by atoms with Gasteiger partial charge in [0.1, 0.15) is 5.54 Å². The lowest BCUT2D eigenvalue weighted by Gasteiger charge is -2.17. The van der Waals surface area contributed by atoms with Gasteiger partial charge in [0.25, 0.3) is 0 Å². The van der Waals surface area contributed by atoms with Crippen molar-refractivity contribution in [3.05, 3.63) is 0 Å². The molecule has 0 aliphatic carbocycles. The van der Waals surface area contributed by atoms with Crippen LogP contribution in [0.3, 0.4) is 0 Å². The van der Waals surface area contributed by atoms with Crippen molar-refractivity contribution in [2.24, 2.45) is 5.73 Å². The van der Waals surface area contributed by atoms with E-state index in [-0.39, 0.29) is 13.0 Å². The molecule has 0 bridgehead atoms. The Kier molecular flexibility index (Phi) is 3.69. The number of ether oxygens (including phenoxy) is 1. The molecule has 0 amide bonds. The zero-order chi connectivity index (χ0) is 9.78. The maximum Gasteiger partial charge on any atom is 0.323 e. The highest BCUT2D eigenvalue weighted by molar-refractivity contribution is 5.84. The molecule has 0 aromatic heterocycles. The maximum absolute atomic E-state index is 10.8. The van der Waals surface area contributed by atoms with E-state index in [2.05, 4.69) is 4.74 Å². The Hall–Kier alpha value is -1.10. The third kappa shape index (κ3) is 3.34. The molecule has 0 heterocycles. The molecule has 0 saturated carbocycles. The van der Waals surface area contributed by atoms with Crippen LogP contribution in [0.2, 0.25) is 0 Å². The Balaban J connectivity index is 4.06. The monoisotopic (exact) mass is 175 g/mol. The van der Waals surface area contributed by atoms with Crippen LogP contribution >= 0.6 is 0 Å². The second kappa shape index (κ2) is 4.06. The Morgan fingerprint density at radius 2 is 2.08 bits per heavy atom. The molecule has 70 valence electrons. The van der Waals surface area contributed by atoms with Crippen molar-refractivity contribution in [1.82, 2.24) is 0 Å². The molecular formula is C7H13NO4. The van der Waals surface area contributed by atoms with Crippen molar-refractivity contribution in [3.8, 4) is 0 Å². The third-order valence-corrected chi connectivity index (χ3v) is 1.31. The predicted molar refractivity (Wildman–Crippen MR) is 41.5 cm³/mol. The van der Waals surface area contributed by atoms with E-state index in [4.69, 9.17) is 10.8 Å². The minimum Gasteiger partial charge on any atom is -0.480 e. The van der Waals surface area contributed by atoms with E-state index < -0.39 is 17.5 Å². The third-order valence-electron chi connectivity index (χ3n) is 1.31. The van der Waals surface area contributed by atoms with Gasteiger partial charge in [-0.05, 0) is 13.8 Å². The lowest BCUT2D eigenvalue weighted by molar-refractivity contribution is -0.152. The normalized spacial score (nSPS) is 14.9. The van der Waals surface area contributed by atoms with Crippen LogP contribution in [0.5, 0.6) is 0 Å². The predicted octanol–water partition coefficient (Wildman–Crippen LogP) is -0.258. The second-order valence-corrected chi connectivity index (χ2v) is 2.70. The van der Waals surface area contributed by atoms with Gasteiger partial charge < -0.3 is 15.6 Å². The summed E-state index contributed by atoms with van der Waals surface area (Å²) in [5, 5.41) is 8.53. The Labute approximate surface area is 70.5 Å². The highest BCUT2D eigenvalue weighted by Gasteiger charge is 2.31. The molecule has 1 atom stereocenters. The molecule has 0 rings (SSSR count). The molecule has 0 fully saturated rings. The van der Waals surface area contributed by atoms with E-state index in [0.29, 0.717) is 0 Å². The molecule has 0 radical (unpaired) electrons. The topological polar surface area (TPSA) is 89.6 Å². The highest BCUT2D eigenvalue weighted by atomic mass is 16.5. The minimum absolute atomic E-state index is 0.231. The van der Waals surface area contributed by atoms with Crippen molar-refractivity contribution in [2.75, 3.05) is 6.61 Å². The molecule has 5 nitrogen and oxygen atoms in total. The van der Waals surface area contributed by atoms with Gasteiger partial charge in [-0.1, -0.05) is 0 Å². The molecule has 3 N–H and O–H groups in total. The standard InChI is InChI=1S/C7H13NO4/c1-3-12-5(9)4-7(2,8)6(10)11/h3-4,8H2,1-2H3,(H,10,11)/t7-/m1/s1. The largest absolute Gasteiger partial charge is 0.480 e. The van der Waals surface area contributed by atoms with Gasteiger partial charge in [0.05, 0.1) is 13.0 Å². The van der Waals surface area contributed by atoms with Gasteiger partial charge in [0, 0.05) is 0 Å². The summed E-state index contributed by atoms with van der Waals surface area (Å²) in [5.74, 6) is -1.81. The molecule has 0 aliphatic rings. The zero-order valence-corrected chi connectivity index (χ0v) is 7.16. The number of carboxylic acid groups (broad SMARTS) is 1.